The molecule has 0 unspecified atom stereocenters. The SMILES string of the molecule is COc1cc(N[C@H]2CCCN(C(=O)OC(C)(C)C)C2)cc(C)n1.S. The van der Waals surface area contributed by atoms with Gasteiger partial charge in [0.25, 0.3) is 0 Å². The van der Waals surface area contributed by atoms with Crippen LogP contribution in [-0.2, 0) is 4.74 Å². The molecule has 1 aliphatic rings. The van der Waals surface area contributed by atoms with Crippen LogP contribution < -0.4 is 10.1 Å². The molecule has 1 atom stereocenters. The molecule has 136 valence electrons. The van der Waals surface area contributed by atoms with Gasteiger partial charge in [-0.15, -0.1) is 0 Å². The van der Waals surface area contributed by atoms with Gasteiger partial charge in [0, 0.05) is 36.6 Å². The molecule has 0 saturated carbocycles. The van der Waals surface area contributed by atoms with E-state index in [1.807, 2.05) is 39.8 Å². The van der Waals surface area contributed by atoms with Crippen LogP contribution in [0.2, 0.25) is 0 Å². The number of hydrogen-bond donors (Lipinski definition) is 1. The summed E-state index contributed by atoms with van der Waals surface area (Å²) >= 11 is 0. The number of methoxy groups -OCH3 is 1. The van der Waals surface area contributed by atoms with Crippen molar-refractivity contribution in [3.63, 3.8) is 0 Å². The van der Waals surface area contributed by atoms with Crippen molar-refractivity contribution in [3.8, 4) is 5.88 Å². The summed E-state index contributed by atoms with van der Waals surface area (Å²) in [5.74, 6) is 0.590. The van der Waals surface area contributed by atoms with Gasteiger partial charge in [0.1, 0.15) is 5.60 Å². The molecular formula is C17H29N3O3S. The fraction of sp³-hybridized carbons (Fsp3) is 0.647. The van der Waals surface area contributed by atoms with Crippen molar-refractivity contribution in [2.24, 2.45) is 0 Å². The Kier molecular flexibility index (Phi) is 7.20. The molecular weight excluding hydrogens is 326 g/mol. The number of amides is 1. The van der Waals surface area contributed by atoms with Gasteiger partial charge in [-0.2, -0.15) is 13.5 Å². The van der Waals surface area contributed by atoms with Gasteiger partial charge in [-0.3, -0.25) is 0 Å². The highest BCUT2D eigenvalue weighted by Crippen LogP contribution is 2.21. The number of piperidine rings is 1. The molecule has 1 N–H and O–H groups in total. The first-order chi connectivity index (χ1) is 10.8. The molecule has 24 heavy (non-hydrogen) atoms. The molecule has 0 spiro atoms. The molecule has 1 aromatic heterocycles. The van der Waals surface area contributed by atoms with Crippen molar-refractivity contribution in [2.45, 2.75) is 52.2 Å². The molecule has 0 aliphatic carbocycles. The van der Waals surface area contributed by atoms with Crippen molar-refractivity contribution >= 4 is 25.3 Å². The lowest BCUT2D eigenvalue weighted by Gasteiger charge is -2.34. The van der Waals surface area contributed by atoms with Gasteiger partial charge in [0.2, 0.25) is 5.88 Å². The van der Waals surface area contributed by atoms with Crippen LogP contribution >= 0.6 is 13.5 Å². The first-order valence-electron chi connectivity index (χ1n) is 8.04. The van der Waals surface area contributed by atoms with Crippen molar-refractivity contribution < 1.29 is 14.3 Å². The number of ether oxygens (including phenoxy) is 2. The minimum Gasteiger partial charge on any atom is -0.481 e. The van der Waals surface area contributed by atoms with Crippen LogP contribution in [0.25, 0.3) is 0 Å². The second-order valence-electron chi connectivity index (χ2n) is 6.95. The first kappa shape index (κ1) is 20.4. The van der Waals surface area contributed by atoms with Crippen LogP contribution in [0.5, 0.6) is 5.88 Å². The van der Waals surface area contributed by atoms with E-state index in [4.69, 9.17) is 9.47 Å². The fourth-order valence-corrected chi connectivity index (χ4v) is 2.65. The van der Waals surface area contributed by atoms with Crippen molar-refractivity contribution in [1.29, 1.82) is 0 Å². The van der Waals surface area contributed by atoms with Gasteiger partial charge in [0.05, 0.1) is 7.11 Å². The lowest BCUT2D eigenvalue weighted by Crippen LogP contribution is -2.47. The Morgan fingerprint density at radius 2 is 2.08 bits per heavy atom. The van der Waals surface area contributed by atoms with Crippen molar-refractivity contribution in [1.82, 2.24) is 9.88 Å². The maximum absolute atomic E-state index is 12.2. The molecule has 1 amide bonds. The van der Waals surface area contributed by atoms with Crippen LogP contribution in [-0.4, -0.2) is 47.8 Å². The highest BCUT2D eigenvalue weighted by Gasteiger charge is 2.27. The minimum absolute atomic E-state index is 0. The molecule has 1 fully saturated rings. The number of pyridine rings is 1. The third-order valence-corrected chi connectivity index (χ3v) is 3.58. The normalized spacial score (nSPS) is 17.7. The summed E-state index contributed by atoms with van der Waals surface area (Å²) in [7, 11) is 1.61. The highest BCUT2D eigenvalue weighted by atomic mass is 32.1. The largest absolute Gasteiger partial charge is 0.481 e. The van der Waals surface area contributed by atoms with Crippen LogP contribution in [0.1, 0.15) is 39.3 Å². The third-order valence-electron chi connectivity index (χ3n) is 3.58. The number of nitrogens with one attached hydrogen (secondary N) is 1. The van der Waals surface area contributed by atoms with Crippen molar-refractivity contribution in [3.05, 3.63) is 17.8 Å². The fourth-order valence-electron chi connectivity index (χ4n) is 2.65. The Bertz CT molecular complexity index is 561. The molecule has 0 radical (unpaired) electrons. The predicted molar refractivity (Wildman–Crippen MR) is 100 cm³/mol. The topological polar surface area (TPSA) is 63.7 Å². The molecule has 2 rings (SSSR count). The summed E-state index contributed by atoms with van der Waals surface area (Å²) in [5.41, 5.74) is 1.39. The van der Waals surface area contributed by atoms with E-state index in [0.717, 1.165) is 30.8 Å². The summed E-state index contributed by atoms with van der Waals surface area (Å²) in [6.45, 7) is 8.97. The van der Waals surface area contributed by atoms with Crippen LogP contribution in [0.15, 0.2) is 12.1 Å². The van der Waals surface area contributed by atoms with Crippen LogP contribution in [0.4, 0.5) is 10.5 Å². The minimum atomic E-state index is -0.465. The van der Waals surface area contributed by atoms with E-state index in [2.05, 4.69) is 10.3 Å². The molecule has 1 saturated heterocycles. The number of anilines is 1. The average molecular weight is 356 g/mol. The predicted octanol–water partition coefficient (Wildman–Crippen LogP) is 3.32. The molecule has 6 nitrogen and oxygen atoms in total. The quantitative estimate of drug-likeness (QED) is 0.901. The lowest BCUT2D eigenvalue weighted by atomic mass is 10.1. The summed E-state index contributed by atoms with van der Waals surface area (Å²) in [6, 6.07) is 4.05. The zero-order valence-electron chi connectivity index (χ0n) is 15.2. The van der Waals surface area contributed by atoms with E-state index in [0.29, 0.717) is 12.4 Å². The van der Waals surface area contributed by atoms with Gasteiger partial charge in [-0.1, -0.05) is 0 Å². The molecule has 1 aliphatic heterocycles. The number of aryl methyl sites for hydroxylation is 1. The maximum Gasteiger partial charge on any atom is 0.410 e. The second kappa shape index (κ2) is 8.46. The number of aromatic nitrogens is 1. The monoisotopic (exact) mass is 355 g/mol. The summed E-state index contributed by atoms with van der Waals surface area (Å²) < 4.78 is 10.7. The number of likely N-dealkylation sites (tertiary alicyclic amines) is 1. The van der Waals surface area contributed by atoms with E-state index in [-0.39, 0.29) is 25.6 Å². The van der Waals surface area contributed by atoms with Gasteiger partial charge < -0.3 is 19.7 Å². The number of rotatable bonds is 3. The Morgan fingerprint density at radius 3 is 2.71 bits per heavy atom. The summed E-state index contributed by atoms with van der Waals surface area (Å²) in [6.07, 6.45) is 1.73. The van der Waals surface area contributed by atoms with Crippen LogP contribution in [0.3, 0.4) is 0 Å². The standard InChI is InChI=1S/C17H27N3O3.H2S/c1-12-9-14(10-15(18-12)22-5)19-13-7-6-8-20(11-13)16(21)23-17(2,3)4;/h9-10,13H,6-8,11H2,1-5H3,(H,18,19);1H2/t13-;/m0./s1. The Labute approximate surface area is 151 Å². The van der Waals surface area contributed by atoms with Crippen LogP contribution in [0, 0.1) is 6.92 Å². The molecule has 2 heterocycles. The smallest absolute Gasteiger partial charge is 0.410 e. The number of nitrogens with zero attached hydrogens (tertiary/aromatic N) is 2. The Balaban J connectivity index is 0.00000288. The first-order valence-corrected chi connectivity index (χ1v) is 8.04. The Morgan fingerprint density at radius 1 is 1.38 bits per heavy atom. The molecule has 0 aromatic carbocycles. The summed E-state index contributed by atoms with van der Waals surface area (Å²) in [5, 5.41) is 3.47. The maximum atomic E-state index is 12.2. The lowest BCUT2D eigenvalue weighted by molar-refractivity contribution is 0.0206. The second-order valence-corrected chi connectivity index (χ2v) is 6.95. The van der Waals surface area contributed by atoms with E-state index < -0.39 is 5.60 Å². The van der Waals surface area contributed by atoms with Gasteiger partial charge in [0.15, 0.2) is 0 Å². The van der Waals surface area contributed by atoms with Gasteiger partial charge >= 0.3 is 6.09 Å². The van der Waals surface area contributed by atoms with Gasteiger partial charge in [-0.05, 0) is 46.6 Å². The number of carbonyl (C=O) groups is 1. The highest BCUT2D eigenvalue weighted by molar-refractivity contribution is 7.59. The van der Waals surface area contributed by atoms with Gasteiger partial charge in [-0.25, -0.2) is 9.78 Å². The number of carbonyl (C=O) groups excluding carboxylic acids is 1. The summed E-state index contributed by atoms with van der Waals surface area (Å²) in [4.78, 5) is 18.3. The Hall–Kier alpha value is -1.63. The van der Waals surface area contributed by atoms with E-state index in [1.165, 1.54) is 0 Å². The zero-order valence-corrected chi connectivity index (χ0v) is 16.2. The zero-order chi connectivity index (χ0) is 17.0. The number of hydrogen-bond acceptors (Lipinski definition) is 5. The van der Waals surface area contributed by atoms with E-state index in [9.17, 15) is 4.79 Å². The molecule has 1 aromatic rings. The average Bonchev–Trinajstić information content (AvgIpc) is 2.45. The van der Waals surface area contributed by atoms with E-state index >= 15 is 0 Å². The molecule has 7 heteroatoms. The molecule has 0 bridgehead atoms. The third kappa shape index (κ3) is 6.11. The van der Waals surface area contributed by atoms with E-state index in [1.54, 1.807) is 12.0 Å². The van der Waals surface area contributed by atoms with Crippen molar-refractivity contribution in [2.75, 3.05) is 25.5 Å².